The Morgan fingerprint density at radius 3 is 2.36 bits per heavy atom. The van der Waals surface area contributed by atoms with Crippen molar-refractivity contribution in [2.24, 2.45) is 0 Å². The minimum absolute atomic E-state index is 0.0224. The van der Waals surface area contributed by atoms with Gasteiger partial charge < -0.3 is 19.1 Å². The molecule has 1 amide bonds. The average molecular weight is 593 g/mol. The van der Waals surface area contributed by atoms with E-state index < -0.39 is 53.8 Å². The number of rotatable bonds is 4. The Labute approximate surface area is 234 Å². The molecule has 15 heteroatoms. The van der Waals surface area contributed by atoms with Crippen LogP contribution >= 0.6 is 0 Å². The second-order valence-electron chi connectivity index (χ2n) is 10.8. The molecule has 6 rings (SSSR count). The van der Waals surface area contributed by atoms with Gasteiger partial charge in [-0.15, -0.1) is 0 Å². The number of carbonyl (C=O) groups excluding carboxylic acids is 1. The van der Waals surface area contributed by atoms with Gasteiger partial charge in [0.25, 0.3) is 5.91 Å². The average Bonchev–Trinajstić information content (AvgIpc) is 3.18. The number of alkyl halides is 3. The number of aryl methyl sites for hydroxylation is 1. The van der Waals surface area contributed by atoms with E-state index >= 15 is 4.39 Å². The number of hydrogen-bond donors (Lipinski definition) is 1. The molecular weight excluding hydrogens is 570 g/mol. The van der Waals surface area contributed by atoms with E-state index in [-0.39, 0.29) is 40.7 Å². The van der Waals surface area contributed by atoms with Crippen molar-refractivity contribution in [3.8, 4) is 16.9 Å². The number of aliphatic hydroxyl groups is 1. The molecule has 5 heterocycles. The van der Waals surface area contributed by atoms with Crippen molar-refractivity contribution in [2.75, 3.05) is 22.9 Å². The first kappa shape index (κ1) is 27.8. The lowest BCUT2D eigenvalue weighted by Gasteiger charge is -2.46. The van der Waals surface area contributed by atoms with Crippen molar-refractivity contribution in [3.05, 3.63) is 65.6 Å². The Morgan fingerprint density at radius 1 is 1.05 bits per heavy atom. The number of amides is 1. The molecule has 2 aliphatic heterocycles. The number of fused-ring (bicyclic) bond motifs is 2. The van der Waals surface area contributed by atoms with E-state index in [4.69, 9.17) is 4.74 Å². The molecule has 1 N–H and O–H groups in total. The summed E-state index contributed by atoms with van der Waals surface area (Å²) in [5, 5.41) is 9.67. The van der Waals surface area contributed by atoms with Gasteiger partial charge in [0.05, 0.1) is 36.7 Å². The van der Waals surface area contributed by atoms with Crippen LogP contribution in [-0.4, -0.2) is 60.8 Å². The molecule has 4 aromatic rings. The number of ether oxygens (including phenoxy) is 1. The number of carbonyl (C=O) groups is 1. The molecule has 0 aliphatic carbocycles. The van der Waals surface area contributed by atoms with Gasteiger partial charge in [-0.1, -0.05) is 0 Å². The highest BCUT2D eigenvalue weighted by Crippen LogP contribution is 2.42. The van der Waals surface area contributed by atoms with Crippen molar-refractivity contribution in [3.63, 3.8) is 0 Å². The molecule has 220 valence electrons. The molecule has 0 bridgehead atoms. The third-order valence-electron chi connectivity index (χ3n) is 7.38. The number of β-amino-alcohol motifs (C(OH)–C–C–N with tert-alkyl or cyclic N) is 1. The highest BCUT2D eigenvalue weighted by molar-refractivity contribution is 6.02. The lowest BCUT2D eigenvalue weighted by molar-refractivity contribution is -0.267. The number of pyridine rings is 1. The maximum Gasteiger partial charge on any atom is 0.420 e. The highest BCUT2D eigenvalue weighted by atomic mass is 19.4. The summed E-state index contributed by atoms with van der Waals surface area (Å²) in [5.74, 6) is -3.49. The van der Waals surface area contributed by atoms with Gasteiger partial charge >= 0.3 is 6.18 Å². The lowest BCUT2D eigenvalue weighted by Crippen LogP contribution is -2.69. The predicted molar refractivity (Wildman–Crippen MR) is 136 cm³/mol. The van der Waals surface area contributed by atoms with E-state index in [0.29, 0.717) is 17.5 Å². The molecule has 42 heavy (non-hydrogen) atoms. The first-order valence-corrected chi connectivity index (χ1v) is 12.6. The SMILES string of the molecule is Cc1nc2cc(F)c(-c3cnc(N4CC(O)(C(F)(F)F)C4)nc3)cn2c1CN1C(=O)C(C)(C)Oc2c(F)cc(F)cc21. The van der Waals surface area contributed by atoms with Gasteiger partial charge in [0.15, 0.2) is 22.8 Å². The van der Waals surface area contributed by atoms with Crippen LogP contribution in [0.15, 0.2) is 36.8 Å². The predicted octanol–water partition coefficient (Wildman–Crippen LogP) is 4.33. The monoisotopic (exact) mass is 592 g/mol. The maximum absolute atomic E-state index is 15.2. The Bertz CT molecular complexity index is 1750. The first-order valence-electron chi connectivity index (χ1n) is 12.6. The summed E-state index contributed by atoms with van der Waals surface area (Å²) in [4.78, 5) is 28.1. The van der Waals surface area contributed by atoms with E-state index in [0.717, 1.165) is 17.0 Å². The normalized spacial score (nSPS) is 17.7. The van der Waals surface area contributed by atoms with Gasteiger partial charge in [0, 0.05) is 47.9 Å². The molecule has 2 aliphatic rings. The number of halogens is 6. The molecule has 9 nitrogen and oxygen atoms in total. The third kappa shape index (κ3) is 4.30. The number of benzene rings is 1. The Kier molecular flexibility index (Phi) is 5.98. The Balaban J connectivity index is 1.35. The van der Waals surface area contributed by atoms with Crippen LogP contribution in [0.1, 0.15) is 25.2 Å². The maximum atomic E-state index is 15.2. The van der Waals surface area contributed by atoms with Crippen molar-refractivity contribution in [2.45, 2.75) is 44.7 Å². The highest BCUT2D eigenvalue weighted by Gasteiger charge is 2.61. The van der Waals surface area contributed by atoms with Crippen molar-refractivity contribution < 1.29 is 41.0 Å². The summed E-state index contributed by atoms with van der Waals surface area (Å²) in [6.45, 7) is 2.89. The van der Waals surface area contributed by atoms with Gasteiger partial charge in [0.2, 0.25) is 5.95 Å². The third-order valence-corrected chi connectivity index (χ3v) is 7.38. The van der Waals surface area contributed by atoms with Crippen LogP contribution in [0.4, 0.5) is 38.0 Å². The quantitative estimate of drug-likeness (QED) is 0.353. The second-order valence-corrected chi connectivity index (χ2v) is 10.8. The molecule has 0 atom stereocenters. The summed E-state index contributed by atoms with van der Waals surface area (Å²) in [5.41, 5.74) is -3.19. The minimum Gasteiger partial charge on any atom is -0.473 e. The van der Waals surface area contributed by atoms with Crippen LogP contribution in [0.3, 0.4) is 0 Å². The fourth-order valence-electron chi connectivity index (χ4n) is 5.05. The van der Waals surface area contributed by atoms with E-state index in [9.17, 15) is 31.9 Å². The van der Waals surface area contributed by atoms with Gasteiger partial charge in [-0.05, 0) is 20.8 Å². The van der Waals surface area contributed by atoms with Gasteiger partial charge in [-0.25, -0.2) is 28.1 Å². The molecule has 0 unspecified atom stereocenters. The zero-order valence-corrected chi connectivity index (χ0v) is 22.3. The molecule has 1 fully saturated rings. The Hall–Kier alpha value is -4.40. The van der Waals surface area contributed by atoms with Gasteiger partial charge in [-0.2, -0.15) is 13.2 Å². The van der Waals surface area contributed by atoms with Crippen LogP contribution < -0.4 is 14.5 Å². The zero-order valence-electron chi connectivity index (χ0n) is 22.3. The number of imidazole rings is 1. The largest absolute Gasteiger partial charge is 0.473 e. The molecule has 0 radical (unpaired) electrons. The summed E-state index contributed by atoms with van der Waals surface area (Å²) in [6.07, 6.45) is -0.935. The molecule has 3 aromatic heterocycles. The van der Waals surface area contributed by atoms with Crippen LogP contribution in [0, 0.1) is 24.4 Å². The minimum atomic E-state index is -4.80. The fourth-order valence-corrected chi connectivity index (χ4v) is 5.05. The summed E-state index contributed by atoms with van der Waals surface area (Å²) < 4.78 is 89.9. The lowest BCUT2D eigenvalue weighted by atomic mass is 9.94. The van der Waals surface area contributed by atoms with Crippen LogP contribution in [0.5, 0.6) is 5.75 Å². The number of aromatic nitrogens is 4. The molecule has 0 spiro atoms. The number of anilines is 2. The molecule has 0 saturated carbocycles. The van der Waals surface area contributed by atoms with Gasteiger partial charge in [-0.3, -0.25) is 9.69 Å². The Morgan fingerprint density at radius 2 is 1.71 bits per heavy atom. The van der Waals surface area contributed by atoms with Crippen LogP contribution in [0.2, 0.25) is 0 Å². The van der Waals surface area contributed by atoms with E-state index in [2.05, 4.69) is 15.0 Å². The van der Waals surface area contributed by atoms with Crippen LogP contribution in [0.25, 0.3) is 16.8 Å². The second kappa shape index (κ2) is 9.05. The summed E-state index contributed by atoms with van der Waals surface area (Å²) >= 11 is 0. The van der Waals surface area contributed by atoms with E-state index in [1.54, 1.807) is 6.92 Å². The fraction of sp³-hybridized carbons (Fsp3) is 0.333. The molecular formula is C27H22F6N6O3. The van der Waals surface area contributed by atoms with Crippen LogP contribution in [-0.2, 0) is 11.3 Å². The van der Waals surface area contributed by atoms with E-state index in [1.807, 2.05) is 0 Å². The molecule has 1 aromatic carbocycles. The smallest absolute Gasteiger partial charge is 0.420 e. The topological polar surface area (TPSA) is 96.1 Å². The molecule has 1 saturated heterocycles. The van der Waals surface area contributed by atoms with Crippen molar-refractivity contribution in [1.29, 1.82) is 0 Å². The summed E-state index contributed by atoms with van der Waals surface area (Å²) in [6, 6.07) is 2.79. The number of hydrogen-bond acceptors (Lipinski definition) is 7. The number of nitrogens with zero attached hydrogens (tertiary/aromatic N) is 6. The van der Waals surface area contributed by atoms with Crippen molar-refractivity contribution in [1.82, 2.24) is 19.4 Å². The standard InChI is InChI=1S/C27H22F6N6O3/c1-13-20(10-39-19-5-15(28)4-18(30)22(19)42-25(2,3)23(39)40)38-9-16(17(29)6-21(38)36-13)14-7-34-24(35-8-14)37-11-26(41,12-37)27(31,32)33/h4-9,41H,10-12H2,1-3H3. The summed E-state index contributed by atoms with van der Waals surface area (Å²) in [7, 11) is 0. The van der Waals surface area contributed by atoms with E-state index in [1.165, 1.54) is 41.7 Å². The van der Waals surface area contributed by atoms with Gasteiger partial charge in [0.1, 0.15) is 17.3 Å². The van der Waals surface area contributed by atoms with Crippen molar-refractivity contribution >= 4 is 23.2 Å². The first-order chi connectivity index (χ1) is 19.6. The zero-order chi connectivity index (χ0) is 30.4.